The van der Waals surface area contributed by atoms with Crippen molar-refractivity contribution in [3.63, 3.8) is 0 Å². The largest absolute Gasteiger partial charge is 0.375 e. The van der Waals surface area contributed by atoms with Gasteiger partial charge >= 0.3 is 0 Å². The number of amides is 2. The highest BCUT2D eigenvalue weighted by molar-refractivity contribution is 5.77. The molecule has 2 rings (SSSR count). The van der Waals surface area contributed by atoms with E-state index in [1.165, 1.54) is 0 Å². The molecule has 2 aliphatic rings. The summed E-state index contributed by atoms with van der Waals surface area (Å²) in [7, 11) is 0. The minimum absolute atomic E-state index is 0.0289. The van der Waals surface area contributed by atoms with Crippen molar-refractivity contribution in [2.75, 3.05) is 19.6 Å². The highest BCUT2D eigenvalue weighted by Crippen LogP contribution is 2.24. The number of hydrogen-bond donors (Lipinski definition) is 2. The van der Waals surface area contributed by atoms with Gasteiger partial charge in [-0.05, 0) is 45.4 Å². The van der Waals surface area contributed by atoms with E-state index in [0.29, 0.717) is 32.0 Å². The van der Waals surface area contributed by atoms with Crippen LogP contribution in [-0.4, -0.2) is 54.6 Å². The Balaban J connectivity index is 1.77. The van der Waals surface area contributed by atoms with Crippen LogP contribution in [0.3, 0.4) is 0 Å². The standard InChI is InChI=1S/C17H31N3O3/c1-13-5-6-15(23-13)7-8-17(22)20-11-3-2-4-14(20)12-19-16(21)9-10-18/h13-15H,2-12,18H2,1H3,(H,19,21). The van der Waals surface area contributed by atoms with Crippen molar-refractivity contribution in [1.29, 1.82) is 0 Å². The average molecular weight is 325 g/mol. The molecular weight excluding hydrogens is 294 g/mol. The lowest BCUT2D eigenvalue weighted by molar-refractivity contribution is -0.136. The topological polar surface area (TPSA) is 84.7 Å². The second-order valence-electron chi connectivity index (χ2n) is 6.76. The zero-order valence-electron chi connectivity index (χ0n) is 14.3. The molecule has 2 amide bonds. The third-order valence-corrected chi connectivity index (χ3v) is 4.85. The number of carbonyl (C=O) groups is 2. The van der Waals surface area contributed by atoms with Gasteiger partial charge in [0.15, 0.2) is 0 Å². The summed E-state index contributed by atoms with van der Waals surface area (Å²) in [5, 5.41) is 2.90. The van der Waals surface area contributed by atoms with Crippen molar-refractivity contribution < 1.29 is 14.3 Å². The highest BCUT2D eigenvalue weighted by atomic mass is 16.5. The van der Waals surface area contributed by atoms with E-state index in [1.807, 2.05) is 4.90 Å². The van der Waals surface area contributed by atoms with E-state index in [0.717, 1.165) is 45.1 Å². The SMILES string of the molecule is CC1CCC(CCC(=O)N2CCCCC2CNC(=O)CCN)O1. The number of piperidine rings is 1. The van der Waals surface area contributed by atoms with Crippen LogP contribution in [0.15, 0.2) is 0 Å². The molecule has 2 aliphatic heterocycles. The van der Waals surface area contributed by atoms with E-state index in [9.17, 15) is 9.59 Å². The van der Waals surface area contributed by atoms with Gasteiger partial charge in [0, 0.05) is 38.5 Å². The fourth-order valence-electron chi connectivity index (χ4n) is 3.52. The van der Waals surface area contributed by atoms with Crippen molar-refractivity contribution >= 4 is 11.8 Å². The summed E-state index contributed by atoms with van der Waals surface area (Å²) < 4.78 is 5.79. The Hall–Kier alpha value is -1.14. The van der Waals surface area contributed by atoms with Crippen LogP contribution >= 0.6 is 0 Å². The number of likely N-dealkylation sites (tertiary alicyclic amines) is 1. The van der Waals surface area contributed by atoms with E-state index < -0.39 is 0 Å². The first-order valence-corrected chi connectivity index (χ1v) is 9.02. The lowest BCUT2D eigenvalue weighted by atomic mass is 10.0. The zero-order valence-corrected chi connectivity index (χ0v) is 14.3. The molecule has 23 heavy (non-hydrogen) atoms. The Morgan fingerprint density at radius 2 is 2.04 bits per heavy atom. The summed E-state index contributed by atoms with van der Waals surface area (Å²) >= 11 is 0. The minimum atomic E-state index is -0.0289. The summed E-state index contributed by atoms with van der Waals surface area (Å²) in [6.45, 7) is 3.80. The van der Waals surface area contributed by atoms with Gasteiger partial charge in [0.25, 0.3) is 0 Å². The van der Waals surface area contributed by atoms with E-state index in [-0.39, 0.29) is 24.0 Å². The van der Waals surface area contributed by atoms with Crippen LogP contribution in [0.2, 0.25) is 0 Å². The highest BCUT2D eigenvalue weighted by Gasteiger charge is 2.28. The summed E-state index contributed by atoms with van der Waals surface area (Å²) in [4.78, 5) is 26.1. The molecule has 0 aromatic heterocycles. The molecule has 6 heteroatoms. The number of carbonyl (C=O) groups excluding carboxylic acids is 2. The summed E-state index contributed by atoms with van der Waals surface area (Å²) in [5.41, 5.74) is 5.39. The van der Waals surface area contributed by atoms with Crippen LogP contribution in [0.1, 0.15) is 58.3 Å². The maximum Gasteiger partial charge on any atom is 0.222 e. The summed E-state index contributed by atoms with van der Waals surface area (Å²) in [5.74, 6) is 0.171. The Labute approximate surface area is 139 Å². The van der Waals surface area contributed by atoms with E-state index >= 15 is 0 Å². The molecule has 3 unspecified atom stereocenters. The molecule has 0 aromatic carbocycles. The Bertz CT molecular complexity index is 403. The monoisotopic (exact) mass is 325 g/mol. The van der Waals surface area contributed by atoms with Crippen molar-refractivity contribution in [3.8, 4) is 0 Å². The second-order valence-corrected chi connectivity index (χ2v) is 6.76. The third-order valence-electron chi connectivity index (χ3n) is 4.85. The molecule has 2 fully saturated rings. The summed E-state index contributed by atoms with van der Waals surface area (Å²) in [6.07, 6.45) is 7.56. The first-order valence-electron chi connectivity index (χ1n) is 9.02. The lowest BCUT2D eigenvalue weighted by Crippen LogP contribution is -2.49. The van der Waals surface area contributed by atoms with Gasteiger partial charge in [0.1, 0.15) is 0 Å². The minimum Gasteiger partial charge on any atom is -0.375 e. The van der Waals surface area contributed by atoms with E-state index in [1.54, 1.807) is 0 Å². The van der Waals surface area contributed by atoms with E-state index in [2.05, 4.69) is 12.2 Å². The maximum absolute atomic E-state index is 12.6. The predicted octanol–water partition coefficient (Wildman–Crippen LogP) is 1.18. The van der Waals surface area contributed by atoms with E-state index in [4.69, 9.17) is 10.5 Å². The van der Waals surface area contributed by atoms with Crippen LogP contribution in [-0.2, 0) is 14.3 Å². The Morgan fingerprint density at radius 1 is 1.22 bits per heavy atom. The van der Waals surface area contributed by atoms with Crippen LogP contribution in [0.4, 0.5) is 0 Å². The zero-order chi connectivity index (χ0) is 16.7. The molecule has 2 saturated heterocycles. The normalized spacial score (nSPS) is 27.9. The Kier molecular flexibility index (Phi) is 7.30. The molecule has 0 radical (unpaired) electrons. The van der Waals surface area contributed by atoms with Gasteiger partial charge in [0.2, 0.25) is 11.8 Å². The number of rotatable bonds is 7. The quantitative estimate of drug-likeness (QED) is 0.736. The van der Waals surface area contributed by atoms with Crippen molar-refractivity contribution in [3.05, 3.63) is 0 Å². The molecular formula is C17H31N3O3. The van der Waals surface area contributed by atoms with Gasteiger partial charge in [-0.2, -0.15) is 0 Å². The molecule has 3 N–H and O–H groups in total. The van der Waals surface area contributed by atoms with Crippen LogP contribution in [0.25, 0.3) is 0 Å². The number of ether oxygens (including phenoxy) is 1. The van der Waals surface area contributed by atoms with Crippen LogP contribution in [0.5, 0.6) is 0 Å². The number of hydrogen-bond acceptors (Lipinski definition) is 4. The van der Waals surface area contributed by atoms with Crippen molar-refractivity contribution in [2.45, 2.75) is 76.5 Å². The smallest absolute Gasteiger partial charge is 0.222 e. The van der Waals surface area contributed by atoms with Crippen LogP contribution in [0, 0.1) is 0 Å². The molecule has 6 nitrogen and oxygen atoms in total. The second kappa shape index (κ2) is 9.23. The Morgan fingerprint density at radius 3 is 2.74 bits per heavy atom. The van der Waals surface area contributed by atoms with Gasteiger partial charge in [-0.3, -0.25) is 9.59 Å². The first-order chi connectivity index (χ1) is 11.1. The van der Waals surface area contributed by atoms with Crippen molar-refractivity contribution in [1.82, 2.24) is 10.2 Å². The molecule has 3 atom stereocenters. The van der Waals surface area contributed by atoms with Gasteiger partial charge in [-0.25, -0.2) is 0 Å². The molecule has 0 saturated carbocycles. The van der Waals surface area contributed by atoms with Gasteiger partial charge < -0.3 is 20.7 Å². The molecule has 0 aliphatic carbocycles. The number of nitrogens with zero attached hydrogens (tertiary/aromatic N) is 1. The summed E-state index contributed by atoms with van der Waals surface area (Å²) in [6, 6.07) is 0.126. The third kappa shape index (κ3) is 5.77. The number of nitrogens with two attached hydrogens (primary N) is 1. The molecule has 0 spiro atoms. The first kappa shape index (κ1) is 18.2. The van der Waals surface area contributed by atoms with Gasteiger partial charge in [0.05, 0.1) is 12.2 Å². The van der Waals surface area contributed by atoms with Gasteiger partial charge in [-0.15, -0.1) is 0 Å². The fourth-order valence-corrected chi connectivity index (χ4v) is 3.52. The fraction of sp³-hybridized carbons (Fsp3) is 0.882. The molecule has 2 heterocycles. The molecule has 0 bridgehead atoms. The molecule has 0 aromatic rings. The van der Waals surface area contributed by atoms with Crippen LogP contribution < -0.4 is 11.1 Å². The predicted molar refractivity (Wildman–Crippen MR) is 88.8 cm³/mol. The average Bonchev–Trinajstić information content (AvgIpc) is 2.97. The lowest BCUT2D eigenvalue weighted by Gasteiger charge is -2.36. The van der Waals surface area contributed by atoms with Crippen molar-refractivity contribution in [2.24, 2.45) is 5.73 Å². The molecule has 132 valence electrons. The number of nitrogens with one attached hydrogen (secondary N) is 1. The maximum atomic E-state index is 12.6. The van der Waals surface area contributed by atoms with Gasteiger partial charge in [-0.1, -0.05) is 0 Å².